The molecule has 1 N–H and O–H groups in total. The highest BCUT2D eigenvalue weighted by atomic mass is 79.9. The average molecular weight is 465 g/mol. The van der Waals surface area contributed by atoms with E-state index in [1.165, 1.54) is 0 Å². The quantitative estimate of drug-likeness (QED) is 0.363. The van der Waals surface area contributed by atoms with Gasteiger partial charge in [-0.05, 0) is 38.1 Å². The number of rotatable bonds is 4. The first kappa shape index (κ1) is 18.3. The summed E-state index contributed by atoms with van der Waals surface area (Å²) in [5.74, 6) is 3.14. The average Bonchev–Trinajstić information content (AvgIpc) is 3.27. The molecular formula is C21H17BrN6S. The predicted molar refractivity (Wildman–Crippen MR) is 119 cm³/mol. The summed E-state index contributed by atoms with van der Waals surface area (Å²) in [6.07, 6.45) is 0. The molecule has 0 spiro atoms. The number of aryl methyl sites for hydroxylation is 2. The summed E-state index contributed by atoms with van der Waals surface area (Å²) in [4.78, 5) is 17.5. The standard InChI is InChI=1S/C21H17BrN6S/c1-12-19-21(29-11-18-24-16-5-3-4-6-17(16)25-18)26-20(27-28(19)13(2)23-12)14-7-9-15(22)10-8-14/h3-10H,11H2,1-2H3,(H,24,25). The molecule has 3 aromatic heterocycles. The summed E-state index contributed by atoms with van der Waals surface area (Å²) in [5, 5.41) is 5.64. The van der Waals surface area contributed by atoms with Crippen LogP contribution in [0.15, 0.2) is 58.0 Å². The van der Waals surface area contributed by atoms with E-state index in [4.69, 9.17) is 10.1 Å². The molecule has 2 aromatic carbocycles. The van der Waals surface area contributed by atoms with Crippen LogP contribution in [0.4, 0.5) is 0 Å². The first-order valence-corrected chi connectivity index (χ1v) is 10.9. The van der Waals surface area contributed by atoms with Crippen LogP contribution in [-0.2, 0) is 5.75 Å². The fourth-order valence-electron chi connectivity index (χ4n) is 3.32. The molecule has 0 saturated carbocycles. The number of nitrogens with one attached hydrogen (secondary N) is 1. The molecule has 0 radical (unpaired) electrons. The van der Waals surface area contributed by atoms with Crippen LogP contribution in [0.3, 0.4) is 0 Å². The largest absolute Gasteiger partial charge is 0.341 e. The van der Waals surface area contributed by atoms with Crippen LogP contribution in [0.2, 0.25) is 0 Å². The molecule has 29 heavy (non-hydrogen) atoms. The maximum absolute atomic E-state index is 4.88. The molecule has 0 aliphatic rings. The van der Waals surface area contributed by atoms with Crippen molar-refractivity contribution in [2.45, 2.75) is 24.6 Å². The van der Waals surface area contributed by atoms with Gasteiger partial charge < -0.3 is 4.98 Å². The lowest BCUT2D eigenvalue weighted by Gasteiger charge is -2.08. The molecule has 0 atom stereocenters. The van der Waals surface area contributed by atoms with Gasteiger partial charge in [-0.3, -0.25) is 0 Å². The normalized spacial score (nSPS) is 11.6. The van der Waals surface area contributed by atoms with E-state index in [2.05, 4.69) is 30.9 Å². The van der Waals surface area contributed by atoms with Gasteiger partial charge in [0.15, 0.2) is 5.82 Å². The third kappa shape index (κ3) is 3.42. The maximum Gasteiger partial charge on any atom is 0.181 e. The fourth-order valence-corrected chi connectivity index (χ4v) is 4.52. The fraction of sp³-hybridized carbons (Fsp3) is 0.143. The van der Waals surface area contributed by atoms with Crippen LogP contribution in [-0.4, -0.2) is 29.5 Å². The minimum atomic E-state index is 0.678. The second kappa shape index (κ2) is 7.27. The Kier molecular flexibility index (Phi) is 4.60. The van der Waals surface area contributed by atoms with Gasteiger partial charge in [-0.2, -0.15) is 0 Å². The molecule has 5 aromatic rings. The number of H-pyrrole nitrogens is 1. The molecule has 0 unspecified atom stereocenters. The zero-order chi connectivity index (χ0) is 20.0. The highest BCUT2D eigenvalue weighted by Crippen LogP contribution is 2.30. The van der Waals surface area contributed by atoms with Gasteiger partial charge in [0.25, 0.3) is 0 Å². The third-order valence-electron chi connectivity index (χ3n) is 4.68. The second-order valence-electron chi connectivity index (χ2n) is 6.74. The number of hydrogen-bond acceptors (Lipinski definition) is 5. The van der Waals surface area contributed by atoms with Crippen LogP contribution in [0, 0.1) is 13.8 Å². The van der Waals surface area contributed by atoms with Gasteiger partial charge in [0.1, 0.15) is 22.2 Å². The molecule has 0 saturated heterocycles. The number of aromatic amines is 1. The molecule has 0 aliphatic heterocycles. The minimum absolute atomic E-state index is 0.678. The van der Waals surface area contributed by atoms with Gasteiger partial charge in [0, 0.05) is 10.0 Å². The summed E-state index contributed by atoms with van der Waals surface area (Å²) >= 11 is 5.12. The SMILES string of the molecule is Cc1nc(C)n2nc(-c3ccc(Br)cc3)nc(SCc3nc4ccccc4[nH]3)c12. The van der Waals surface area contributed by atoms with E-state index in [0.29, 0.717) is 11.6 Å². The van der Waals surface area contributed by atoms with E-state index < -0.39 is 0 Å². The number of benzene rings is 2. The van der Waals surface area contributed by atoms with Crippen molar-refractivity contribution in [1.82, 2.24) is 29.5 Å². The Labute approximate surface area is 179 Å². The van der Waals surface area contributed by atoms with Gasteiger partial charge in [-0.15, -0.1) is 5.10 Å². The monoisotopic (exact) mass is 464 g/mol. The van der Waals surface area contributed by atoms with Gasteiger partial charge in [0.05, 0.1) is 22.5 Å². The third-order valence-corrected chi connectivity index (χ3v) is 6.19. The first-order valence-electron chi connectivity index (χ1n) is 9.15. The summed E-state index contributed by atoms with van der Waals surface area (Å²) < 4.78 is 2.91. The van der Waals surface area contributed by atoms with Gasteiger partial charge in [-0.25, -0.2) is 19.5 Å². The number of nitrogens with zero attached hydrogens (tertiary/aromatic N) is 5. The molecular weight excluding hydrogens is 448 g/mol. The Balaban J connectivity index is 1.56. The van der Waals surface area contributed by atoms with E-state index >= 15 is 0 Å². The summed E-state index contributed by atoms with van der Waals surface area (Å²) in [6.45, 7) is 3.96. The Bertz CT molecular complexity index is 1310. The summed E-state index contributed by atoms with van der Waals surface area (Å²) in [6, 6.07) is 16.1. The van der Waals surface area contributed by atoms with Gasteiger partial charge in [0.2, 0.25) is 0 Å². The Hall–Kier alpha value is -2.71. The van der Waals surface area contributed by atoms with Crippen LogP contribution in [0.5, 0.6) is 0 Å². The van der Waals surface area contributed by atoms with E-state index in [9.17, 15) is 0 Å². The van der Waals surface area contributed by atoms with E-state index in [-0.39, 0.29) is 0 Å². The van der Waals surface area contributed by atoms with E-state index in [1.807, 2.05) is 66.9 Å². The zero-order valence-corrected chi connectivity index (χ0v) is 18.3. The number of fused-ring (bicyclic) bond motifs is 2. The molecule has 6 nitrogen and oxygen atoms in total. The predicted octanol–water partition coefficient (Wildman–Crippen LogP) is 5.34. The molecule has 144 valence electrons. The maximum atomic E-state index is 4.88. The van der Waals surface area contributed by atoms with Gasteiger partial charge in [-0.1, -0.05) is 52.0 Å². The zero-order valence-electron chi connectivity index (χ0n) is 15.8. The van der Waals surface area contributed by atoms with Crippen molar-refractivity contribution in [2.24, 2.45) is 0 Å². The number of para-hydroxylation sites is 2. The minimum Gasteiger partial charge on any atom is -0.341 e. The first-order chi connectivity index (χ1) is 14.1. The Morgan fingerprint density at radius 1 is 1.00 bits per heavy atom. The molecule has 0 bridgehead atoms. The second-order valence-corrected chi connectivity index (χ2v) is 8.62. The van der Waals surface area contributed by atoms with Crippen LogP contribution in [0.25, 0.3) is 27.9 Å². The Morgan fingerprint density at radius 2 is 1.79 bits per heavy atom. The molecule has 0 aliphatic carbocycles. The molecule has 0 fully saturated rings. The van der Waals surface area contributed by atoms with Crippen LogP contribution < -0.4 is 0 Å². The summed E-state index contributed by atoms with van der Waals surface area (Å²) in [5.41, 5.74) is 4.86. The molecule has 5 rings (SSSR count). The van der Waals surface area contributed by atoms with E-state index in [0.717, 1.165) is 49.0 Å². The molecule has 8 heteroatoms. The lowest BCUT2D eigenvalue weighted by Crippen LogP contribution is -2.02. The summed E-state index contributed by atoms with van der Waals surface area (Å²) in [7, 11) is 0. The lowest BCUT2D eigenvalue weighted by atomic mass is 10.2. The molecule has 0 amide bonds. The van der Waals surface area contributed by atoms with E-state index in [1.54, 1.807) is 11.8 Å². The number of aromatic nitrogens is 6. The van der Waals surface area contributed by atoms with Crippen molar-refractivity contribution >= 4 is 44.2 Å². The van der Waals surface area contributed by atoms with Crippen molar-refractivity contribution in [3.05, 3.63) is 70.3 Å². The molecule has 3 heterocycles. The van der Waals surface area contributed by atoms with Gasteiger partial charge >= 0.3 is 0 Å². The van der Waals surface area contributed by atoms with Crippen molar-refractivity contribution in [3.63, 3.8) is 0 Å². The number of hydrogen-bond donors (Lipinski definition) is 1. The number of imidazole rings is 2. The van der Waals surface area contributed by atoms with Crippen molar-refractivity contribution in [2.75, 3.05) is 0 Å². The lowest BCUT2D eigenvalue weighted by molar-refractivity contribution is 0.834. The van der Waals surface area contributed by atoms with Crippen LogP contribution in [0.1, 0.15) is 17.3 Å². The topological polar surface area (TPSA) is 71.8 Å². The Morgan fingerprint density at radius 3 is 2.59 bits per heavy atom. The van der Waals surface area contributed by atoms with Crippen molar-refractivity contribution in [1.29, 1.82) is 0 Å². The smallest absolute Gasteiger partial charge is 0.181 e. The number of thioether (sulfide) groups is 1. The van der Waals surface area contributed by atoms with Crippen molar-refractivity contribution < 1.29 is 0 Å². The van der Waals surface area contributed by atoms with Crippen molar-refractivity contribution in [3.8, 4) is 11.4 Å². The highest BCUT2D eigenvalue weighted by molar-refractivity contribution is 9.10. The highest BCUT2D eigenvalue weighted by Gasteiger charge is 2.16. The van der Waals surface area contributed by atoms with Crippen LogP contribution >= 0.6 is 27.7 Å². The number of halogens is 1.